The summed E-state index contributed by atoms with van der Waals surface area (Å²) >= 11 is 0. The number of fused-ring (bicyclic) bond motifs is 1. The summed E-state index contributed by atoms with van der Waals surface area (Å²) in [6.07, 6.45) is 8.92. The highest BCUT2D eigenvalue weighted by atomic mass is 16.3. The van der Waals surface area contributed by atoms with Crippen LogP contribution in [-0.2, 0) is 13.6 Å². The van der Waals surface area contributed by atoms with Gasteiger partial charge in [0.2, 0.25) is 11.8 Å². The van der Waals surface area contributed by atoms with Crippen molar-refractivity contribution >= 4 is 17.7 Å². The fourth-order valence-corrected chi connectivity index (χ4v) is 2.90. The van der Waals surface area contributed by atoms with Crippen LogP contribution in [0, 0.1) is 0 Å². The number of rotatable bonds is 5. The quantitative estimate of drug-likeness (QED) is 0.331. The average molecular weight is 394 g/mol. The van der Waals surface area contributed by atoms with E-state index in [1.807, 2.05) is 13.2 Å². The number of hydrogen-bond acceptors (Lipinski definition) is 8. The Kier molecular flexibility index (Phi) is 3.89. The zero-order valence-electron chi connectivity index (χ0n) is 15.5. The number of hydrogen-bond donors (Lipinski definition) is 4. The van der Waals surface area contributed by atoms with Crippen LogP contribution < -0.4 is 21.8 Å². The van der Waals surface area contributed by atoms with Crippen molar-refractivity contribution in [1.82, 2.24) is 39.3 Å². The molecule has 4 N–H and O–H groups in total. The Hall–Kier alpha value is -3.96. The van der Waals surface area contributed by atoms with Gasteiger partial charge >= 0.3 is 5.69 Å². The molecule has 0 amide bonds. The molecule has 1 saturated carbocycles. The second-order valence-corrected chi connectivity index (χ2v) is 6.90. The van der Waals surface area contributed by atoms with Crippen molar-refractivity contribution in [3.8, 4) is 5.88 Å². The fourth-order valence-electron chi connectivity index (χ4n) is 2.90. The SMILES string of the molecule is Cn1cc(CNc2nc(=NC3CC3)n3ncc(=Cc4[nH]c(=O)[nH]c4O)c3n2)cn1. The van der Waals surface area contributed by atoms with E-state index in [2.05, 4.69) is 40.4 Å². The summed E-state index contributed by atoms with van der Waals surface area (Å²) in [5.41, 5.74) is 1.70. The highest BCUT2D eigenvalue weighted by Gasteiger charge is 2.21. The Labute approximate surface area is 162 Å². The van der Waals surface area contributed by atoms with E-state index in [1.165, 1.54) is 0 Å². The van der Waals surface area contributed by atoms with Gasteiger partial charge in [-0.15, -0.1) is 0 Å². The van der Waals surface area contributed by atoms with E-state index in [1.54, 1.807) is 27.7 Å². The van der Waals surface area contributed by atoms with Gasteiger partial charge in [0, 0.05) is 30.6 Å². The lowest BCUT2D eigenvalue weighted by Crippen LogP contribution is -2.24. The van der Waals surface area contributed by atoms with Crippen LogP contribution in [0.5, 0.6) is 5.88 Å². The maximum atomic E-state index is 11.4. The number of aryl methyl sites for hydroxylation is 1. The summed E-state index contributed by atoms with van der Waals surface area (Å²) < 4.78 is 3.28. The molecule has 1 fully saturated rings. The number of aromatic hydroxyl groups is 1. The number of aromatic nitrogens is 8. The molecule has 4 aromatic rings. The Morgan fingerprint density at radius 1 is 1.31 bits per heavy atom. The van der Waals surface area contributed by atoms with Crippen LogP contribution in [0.4, 0.5) is 5.95 Å². The lowest BCUT2D eigenvalue weighted by Gasteiger charge is -2.03. The third-order valence-electron chi connectivity index (χ3n) is 4.47. The van der Waals surface area contributed by atoms with Gasteiger partial charge in [-0.1, -0.05) is 0 Å². The van der Waals surface area contributed by atoms with Crippen molar-refractivity contribution in [3.63, 3.8) is 0 Å². The highest BCUT2D eigenvalue weighted by molar-refractivity contribution is 5.57. The summed E-state index contributed by atoms with van der Waals surface area (Å²) in [4.78, 5) is 29.9. The van der Waals surface area contributed by atoms with E-state index in [4.69, 9.17) is 0 Å². The Morgan fingerprint density at radius 3 is 2.86 bits per heavy atom. The molecule has 5 rings (SSSR count). The molecular weight excluding hydrogens is 376 g/mol. The van der Waals surface area contributed by atoms with Crippen LogP contribution in [0.2, 0.25) is 0 Å². The van der Waals surface area contributed by atoms with Gasteiger partial charge in [0.15, 0.2) is 5.65 Å². The van der Waals surface area contributed by atoms with Gasteiger partial charge in [0.05, 0.1) is 18.4 Å². The standard InChI is InChI=1S/C17H18N10O2/c1-26-8-9(6-19-26)5-18-15-23-13-10(4-12-14(28)24-17(29)22-12)7-20-27(13)16(25-15)21-11-2-3-11/h4,6-8,11,28H,2-3,5H2,1H3,(H,18,21,25)(H2,22,24,29). The van der Waals surface area contributed by atoms with Crippen LogP contribution in [-0.4, -0.2) is 50.5 Å². The van der Waals surface area contributed by atoms with Gasteiger partial charge < -0.3 is 15.4 Å². The Bertz CT molecular complexity index is 1370. The Balaban J connectivity index is 1.60. The van der Waals surface area contributed by atoms with Crippen molar-refractivity contribution in [3.05, 3.63) is 51.2 Å². The summed E-state index contributed by atoms with van der Waals surface area (Å²) in [5.74, 6) is 0.156. The lowest BCUT2D eigenvalue weighted by atomic mass is 10.3. The summed E-state index contributed by atoms with van der Waals surface area (Å²) in [7, 11) is 1.85. The first-order valence-corrected chi connectivity index (χ1v) is 9.09. The molecule has 0 aliphatic heterocycles. The largest absolute Gasteiger partial charge is 0.493 e. The van der Waals surface area contributed by atoms with Crippen LogP contribution >= 0.6 is 0 Å². The fraction of sp³-hybridized carbons (Fsp3) is 0.294. The van der Waals surface area contributed by atoms with Crippen LogP contribution in [0.1, 0.15) is 24.1 Å². The molecule has 12 heteroatoms. The molecule has 4 heterocycles. The molecule has 0 atom stereocenters. The maximum Gasteiger partial charge on any atom is 0.326 e. The van der Waals surface area contributed by atoms with Crippen molar-refractivity contribution in [2.75, 3.05) is 5.32 Å². The third kappa shape index (κ3) is 3.47. The predicted octanol–water partition coefficient (Wildman–Crippen LogP) is -1.20. The summed E-state index contributed by atoms with van der Waals surface area (Å²) in [6, 6.07) is 0.251. The molecule has 4 aromatic heterocycles. The summed E-state index contributed by atoms with van der Waals surface area (Å²) in [5, 5.41) is 22.1. The van der Waals surface area contributed by atoms with Gasteiger partial charge in [-0.2, -0.15) is 24.7 Å². The van der Waals surface area contributed by atoms with Crippen LogP contribution in [0.3, 0.4) is 0 Å². The van der Waals surface area contributed by atoms with Crippen molar-refractivity contribution in [2.45, 2.75) is 25.4 Å². The number of nitrogens with zero attached hydrogens (tertiary/aromatic N) is 7. The van der Waals surface area contributed by atoms with Gasteiger partial charge in [-0.25, -0.2) is 9.79 Å². The van der Waals surface area contributed by atoms with E-state index < -0.39 is 5.69 Å². The maximum absolute atomic E-state index is 11.4. The zero-order valence-corrected chi connectivity index (χ0v) is 15.5. The highest BCUT2D eigenvalue weighted by Crippen LogP contribution is 2.22. The van der Waals surface area contributed by atoms with E-state index in [0.717, 1.165) is 18.4 Å². The molecule has 1 aliphatic rings. The number of nitrogens with one attached hydrogen (secondary N) is 3. The minimum absolute atomic E-state index is 0.245. The number of aromatic amines is 2. The monoisotopic (exact) mass is 394 g/mol. The predicted molar refractivity (Wildman–Crippen MR) is 102 cm³/mol. The molecule has 12 nitrogen and oxygen atoms in total. The molecule has 0 spiro atoms. The normalized spacial score (nSPS) is 15.5. The Morgan fingerprint density at radius 2 is 2.17 bits per heavy atom. The van der Waals surface area contributed by atoms with Gasteiger partial charge in [-0.3, -0.25) is 9.67 Å². The topological polar surface area (TPSA) is 154 Å². The van der Waals surface area contributed by atoms with Gasteiger partial charge in [0.1, 0.15) is 5.69 Å². The third-order valence-corrected chi connectivity index (χ3v) is 4.47. The molecule has 29 heavy (non-hydrogen) atoms. The molecule has 0 bridgehead atoms. The smallest absolute Gasteiger partial charge is 0.326 e. The van der Waals surface area contributed by atoms with Crippen molar-refractivity contribution in [2.24, 2.45) is 12.0 Å². The van der Waals surface area contributed by atoms with Crippen molar-refractivity contribution < 1.29 is 5.11 Å². The molecule has 1 aliphatic carbocycles. The molecule has 0 unspecified atom stereocenters. The van der Waals surface area contributed by atoms with E-state index in [0.29, 0.717) is 29.0 Å². The molecule has 0 radical (unpaired) electrons. The lowest BCUT2D eigenvalue weighted by molar-refractivity contribution is 0.454. The molecule has 0 aromatic carbocycles. The van der Waals surface area contributed by atoms with Crippen LogP contribution in [0.25, 0.3) is 11.7 Å². The first-order chi connectivity index (χ1) is 14.0. The molecular formula is C17H18N10O2. The van der Waals surface area contributed by atoms with Gasteiger partial charge in [0.25, 0.3) is 5.62 Å². The number of H-pyrrole nitrogens is 2. The first kappa shape index (κ1) is 17.2. The van der Waals surface area contributed by atoms with Gasteiger partial charge in [-0.05, 0) is 18.9 Å². The van der Waals surface area contributed by atoms with Crippen LogP contribution in [0.15, 0.2) is 28.4 Å². The minimum Gasteiger partial charge on any atom is -0.493 e. The number of anilines is 1. The zero-order chi connectivity index (χ0) is 20.0. The van der Waals surface area contributed by atoms with E-state index >= 15 is 0 Å². The second kappa shape index (κ2) is 6.58. The van der Waals surface area contributed by atoms with E-state index in [-0.39, 0.29) is 17.6 Å². The molecule has 0 saturated heterocycles. The second-order valence-electron chi connectivity index (χ2n) is 6.90. The van der Waals surface area contributed by atoms with Crippen molar-refractivity contribution in [1.29, 1.82) is 0 Å². The number of imidazole rings is 1. The first-order valence-electron chi connectivity index (χ1n) is 9.09. The average Bonchev–Trinajstić information content (AvgIpc) is 3.10. The summed E-state index contributed by atoms with van der Waals surface area (Å²) in [6.45, 7) is 0.506. The molecule has 148 valence electrons. The van der Waals surface area contributed by atoms with E-state index in [9.17, 15) is 9.90 Å². The minimum atomic E-state index is -0.497.